The Morgan fingerprint density at radius 2 is 1.90 bits per heavy atom. The molecule has 0 fully saturated rings. The number of hydrogen-bond donors (Lipinski definition) is 2. The molecule has 0 unspecified atom stereocenters. The van der Waals surface area contributed by atoms with Gasteiger partial charge in [-0.15, -0.1) is 0 Å². The fraction of sp³-hybridized carbons (Fsp3) is 0.417. The number of nitrogens with one attached hydrogen (secondary N) is 2. The van der Waals surface area contributed by atoms with Gasteiger partial charge in [0.15, 0.2) is 4.84 Å². The van der Waals surface area contributed by atoms with Gasteiger partial charge in [-0.05, 0) is 30.7 Å². The largest absolute Gasteiger partial charge is 0.385 e. The summed E-state index contributed by atoms with van der Waals surface area (Å²) in [6.07, 6.45) is 0.580. The molecule has 0 aromatic heterocycles. The number of halogens is 2. The van der Waals surface area contributed by atoms with Gasteiger partial charge in [-0.25, -0.2) is 13.1 Å². The van der Waals surface area contributed by atoms with Gasteiger partial charge in [-0.2, -0.15) is 0 Å². The minimum Gasteiger partial charge on any atom is -0.385 e. The highest BCUT2D eigenvalue weighted by molar-refractivity contribution is 7.89. The highest BCUT2D eigenvalue weighted by Gasteiger charge is 2.14. The minimum absolute atomic E-state index is 0.103. The van der Waals surface area contributed by atoms with Gasteiger partial charge in [-0.3, -0.25) is 4.79 Å². The lowest BCUT2D eigenvalue weighted by molar-refractivity contribution is -0.114. The second kappa shape index (κ2) is 8.55. The van der Waals surface area contributed by atoms with E-state index in [4.69, 9.17) is 27.9 Å². The summed E-state index contributed by atoms with van der Waals surface area (Å²) in [4.78, 5) is 10.2. The number of hydrogen-bond acceptors (Lipinski definition) is 4. The summed E-state index contributed by atoms with van der Waals surface area (Å²) in [5, 5.41) is 2.45. The summed E-state index contributed by atoms with van der Waals surface area (Å²) < 4.78 is 31.2. The van der Waals surface area contributed by atoms with Gasteiger partial charge in [0, 0.05) is 25.9 Å². The van der Waals surface area contributed by atoms with E-state index in [0.29, 0.717) is 18.7 Å². The van der Waals surface area contributed by atoms with Crippen molar-refractivity contribution in [3.8, 4) is 0 Å². The molecule has 1 rings (SSSR count). The first kappa shape index (κ1) is 18.2. The maximum atomic E-state index is 12.0. The van der Waals surface area contributed by atoms with Crippen molar-refractivity contribution in [2.24, 2.45) is 0 Å². The van der Waals surface area contributed by atoms with Crippen LogP contribution in [-0.4, -0.2) is 39.4 Å². The van der Waals surface area contributed by atoms with E-state index in [1.54, 1.807) is 7.11 Å². The predicted octanol–water partition coefficient (Wildman–Crippen LogP) is 1.74. The van der Waals surface area contributed by atoms with Gasteiger partial charge in [-0.1, -0.05) is 23.2 Å². The molecular formula is C12H16Cl2N2O4S. The number of sulfonamides is 1. The van der Waals surface area contributed by atoms with Crippen molar-refractivity contribution in [3.63, 3.8) is 0 Å². The quantitative estimate of drug-likeness (QED) is 0.550. The third-order valence-corrected chi connectivity index (χ3v) is 4.32. The van der Waals surface area contributed by atoms with Crippen molar-refractivity contribution in [2.45, 2.75) is 16.2 Å². The Balaban J connectivity index is 2.66. The van der Waals surface area contributed by atoms with Crippen LogP contribution < -0.4 is 10.0 Å². The van der Waals surface area contributed by atoms with Crippen molar-refractivity contribution >= 4 is 44.8 Å². The van der Waals surface area contributed by atoms with E-state index in [-0.39, 0.29) is 11.4 Å². The van der Waals surface area contributed by atoms with Crippen LogP contribution in [-0.2, 0) is 19.6 Å². The smallest absolute Gasteiger partial charge is 0.257 e. The van der Waals surface area contributed by atoms with Crippen molar-refractivity contribution in [3.05, 3.63) is 24.3 Å². The van der Waals surface area contributed by atoms with E-state index in [0.717, 1.165) is 0 Å². The maximum Gasteiger partial charge on any atom is 0.257 e. The topological polar surface area (TPSA) is 84.5 Å². The van der Waals surface area contributed by atoms with E-state index in [1.807, 2.05) is 0 Å². The van der Waals surface area contributed by atoms with Crippen LogP contribution >= 0.6 is 23.2 Å². The van der Waals surface area contributed by atoms with E-state index < -0.39 is 20.8 Å². The molecule has 0 heterocycles. The van der Waals surface area contributed by atoms with Crippen LogP contribution in [0.3, 0.4) is 0 Å². The standard InChI is InChI=1S/C12H16Cl2N2O4S/c1-20-8-2-7-15-21(18,19)10-5-3-9(4-6-10)16-12(17)11(13)14/h3-6,11,15H,2,7-8H2,1H3,(H,16,17). The second-order valence-corrected chi connectivity index (χ2v) is 6.92. The molecule has 0 saturated carbocycles. The van der Waals surface area contributed by atoms with Crippen LogP contribution in [0.25, 0.3) is 0 Å². The summed E-state index contributed by atoms with van der Waals surface area (Å²) in [5.41, 5.74) is 0.407. The number of methoxy groups -OCH3 is 1. The van der Waals surface area contributed by atoms with Crippen molar-refractivity contribution < 1.29 is 17.9 Å². The summed E-state index contributed by atoms with van der Waals surface area (Å²) in [6, 6.07) is 5.67. The number of rotatable bonds is 8. The molecule has 0 aliphatic heterocycles. The Morgan fingerprint density at radius 1 is 1.29 bits per heavy atom. The average molecular weight is 355 g/mol. The van der Waals surface area contributed by atoms with Crippen LogP contribution in [0.15, 0.2) is 29.2 Å². The third-order valence-electron chi connectivity index (χ3n) is 2.45. The molecule has 1 aromatic carbocycles. The molecule has 0 aliphatic rings. The lowest BCUT2D eigenvalue weighted by Crippen LogP contribution is -2.25. The number of anilines is 1. The van der Waals surface area contributed by atoms with Gasteiger partial charge in [0.05, 0.1) is 4.90 Å². The molecule has 1 aromatic rings. The fourth-order valence-electron chi connectivity index (χ4n) is 1.42. The number of alkyl halides is 2. The normalized spacial score (nSPS) is 11.6. The van der Waals surface area contributed by atoms with E-state index in [1.165, 1.54) is 24.3 Å². The first-order valence-electron chi connectivity index (χ1n) is 6.04. The van der Waals surface area contributed by atoms with Crippen LogP contribution in [0.1, 0.15) is 6.42 Å². The zero-order valence-electron chi connectivity index (χ0n) is 11.3. The predicted molar refractivity (Wildman–Crippen MR) is 82.2 cm³/mol. The number of carbonyl (C=O) groups excluding carboxylic acids is 1. The molecule has 9 heteroatoms. The van der Waals surface area contributed by atoms with Gasteiger partial charge in [0.25, 0.3) is 5.91 Å². The summed E-state index contributed by atoms with van der Waals surface area (Å²) in [5.74, 6) is -0.577. The van der Waals surface area contributed by atoms with Crippen LogP contribution in [0.2, 0.25) is 0 Å². The van der Waals surface area contributed by atoms with E-state index in [2.05, 4.69) is 10.0 Å². The van der Waals surface area contributed by atoms with E-state index in [9.17, 15) is 13.2 Å². The molecule has 118 valence electrons. The SMILES string of the molecule is COCCCNS(=O)(=O)c1ccc(NC(=O)C(Cl)Cl)cc1. The van der Waals surface area contributed by atoms with Gasteiger partial charge in [0.2, 0.25) is 10.0 Å². The van der Waals surface area contributed by atoms with E-state index >= 15 is 0 Å². The Kier molecular flexibility index (Phi) is 7.41. The Morgan fingerprint density at radius 3 is 2.43 bits per heavy atom. The first-order chi connectivity index (χ1) is 9.86. The van der Waals surface area contributed by atoms with Crippen molar-refractivity contribution in [1.29, 1.82) is 0 Å². The summed E-state index contributed by atoms with van der Waals surface area (Å²) in [6.45, 7) is 0.764. The molecule has 2 N–H and O–H groups in total. The lowest BCUT2D eigenvalue weighted by atomic mass is 10.3. The zero-order valence-corrected chi connectivity index (χ0v) is 13.6. The highest BCUT2D eigenvalue weighted by atomic mass is 35.5. The maximum absolute atomic E-state index is 12.0. The summed E-state index contributed by atoms with van der Waals surface area (Å²) in [7, 11) is -2.02. The molecule has 0 bridgehead atoms. The average Bonchev–Trinajstić information content (AvgIpc) is 2.44. The number of ether oxygens (including phenoxy) is 1. The Labute approximate surface area is 133 Å². The minimum atomic E-state index is -3.57. The summed E-state index contributed by atoms with van der Waals surface area (Å²) >= 11 is 10.8. The number of amides is 1. The second-order valence-electron chi connectivity index (χ2n) is 4.06. The Bertz CT molecular complexity index is 561. The first-order valence-corrected chi connectivity index (χ1v) is 8.40. The third kappa shape index (κ3) is 6.19. The van der Waals surface area contributed by atoms with Gasteiger partial charge in [0.1, 0.15) is 0 Å². The fourth-order valence-corrected chi connectivity index (χ4v) is 2.60. The molecule has 0 aliphatic carbocycles. The molecule has 6 nitrogen and oxygen atoms in total. The number of carbonyl (C=O) groups is 1. The van der Waals surface area contributed by atoms with Gasteiger partial charge < -0.3 is 10.1 Å². The van der Waals surface area contributed by atoms with Crippen LogP contribution in [0.5, 0.6) is 0 Å². The molecule has 21 heavy (non-hydrogen) atoms. The molecule has 0 saturated heterocycles. The number of benzene rings is 1. The lowest BCUT2D eigenvalue weighted by Gasteiger charge is -2.08. The van der Waals surface area contributed by atoms with Crippen LogP contribution in [0, 0.1) is 0 Å². The molecule has 0 radical (unpaired) electrons. The van der Waals surface area contributed by atoms with Crippen LogP contribution in [0.4, 0.5) is 5.69 Å². The van der Waals surface area contributed by atoms with Crippen molar-refractivity contribution in [2.75, 3.05) is 25.6 Å². The monoisotopic (exact) mass is 354 g/mol. The molecule has 1 amide bonds. The molecule has 0 atom stereocenters. The molecule has 0 spiro atoms. The van der Waals surface area contributed by atoms with Gasteiger partial charge >= 0.3 is 0 Å². The highest BCUT2D eigenvalue weighted by Crippen LogP contribution is 2.15. The van der Waals surface area contributed by atoms with Crippen molar-refractivity contribution in [1.82, 2.24) is 4.72 Å². The Hall–Kier alpha value is -0.860. The zero-order chi connectivity index (χ0) is 15.9. The molecular weight excluding hydrogens is 339 g/mol.